The molecule has 0 atom stereocenters. The van der Waals surface area contributed by atoms with Gasteiger partial charge in [-0.2, -0.15) is 0 Å². The Balaban J connectivity index is 1.33. The van der Waals surface area contributed by atoms with Gasteiger partial charge in [0.05, 0.1) is 17.6 Å². The SMILES string of the molecule is FC1(F)CCCN(Cc2ccc3c(c2)nc2n3CCN(C3CCC3)CC2)C1. The summed E-state index contributed by atoms with van der Waals surface area (Å²) in [6.45, 7) is 4.42. The monoisotopic (exact) mass is 374 g/mol. The summed E-state index contributed by atoms with van der Waals surface area (Å²) in [6, 6.07) is 7.13. The molecule has 1 saturated heterocycles. The Morgan fingerprint density at radius 3 is 2.74 bits per heavy atom. The van der Waals surface area contributed by atoms with Crippen molar-refractivity contribution in [2.75, 3.05) is 26.2 Å². The first kappa shape index (κ1) is 17.6. The molecule has 0 radical (unpaired) electrons. The van der Waals surface area contributed by atoms with Crippen LogP contribution in [0.1, 0.15) is 43.5 Å². The van der Waals surface area contributed by atoms with Gasteiger partial charge in [0.25, 0.3) is 5.92 Å². The molecule has 5 rings (SSSR count). The molecule has 0 N–H and O–H groups in total. The van der Waals surface area contributed by atoms with E-state index in [-0.39, 0.29) is 13.0 Å². The number of nitrogens with zero attached hydrogens (tertiary/aromatic N) is 4. The molecular formula is C21H28F2N4. The van der Waals surface area contributed by atoms with Crippen LogP contribution in [0.2, 0.25) is 0 Å². The van der Waals surface area contributed by atoms with E-state index in [1.165, 1.54) is 30.6 Å². The van der Waals surface area contributed by atoms with Gasteiger partial charge in [-0.25, -0.2) is 13.8 Å². The number of hydrogen-bond acceptors (Lipinski definition) is 3. The Morgan fingerprint density at radius 2 is 1.96 bits per heavy atom. The Labute approximate surface area is 159 Å². The normalized spacial score (nSPS) is 24.5. The summed E-state index contributed by atoms with van der Waals surface area (Å²) in [5.41, 5.74) is 3.29. The van der Waals surface area contributed by atoms with Crippen LogP contribution < -0.4 is 0 Å². The van der Waals surface area contributed by atoms with Crippen molar-refractivity contribution in [2.45, 2.75) is 63.6 Å². The fourth-order valence-corrected chi connectivity index (χ4v) is 4.90. The van der Waals surface area contributed by atoms with Gasteiger partial charge in [0, 0.05) is 45.1 Å². The summed E-state index contributed by atoms with van der Waals surface area (Å²) < 4.78 is 29.7. The van der Waals surface area contributed by atoms with E-state index in [1.807, 2.05) is 4.90 Å². The molecule has 1 saturated carbocycles. The first-order chi connectivity index (χ1) is 13.1. The van der Waals surface area contributed by atoms with E-state index in [0.29, 0.717) is 13.0 Å². The Hall–Kier alpha value is -1.53. The van der Waals surface area contributed by atoms with Gasteiger partial charge in [0.2, 0.25) is 0 Å². The Bertz CT molecular complexity index is 827. The predicted octanol–water partition coefficient (Wildman–Crippen LogP) is 3.68. The van der Waals surface area contributed by atoms with Crippen molar-refractivity contribution in [3.05, 3.63) is 29.6 Å². The van der Waals surface area contributed by atoms with Crippen molar-refractivity contribution in [1.82, 2.24) is 19.4 Å². The molecule has 1 aliphatic carbocycles. The van der Waals surface area contributed by atoms with Crippen molar-refractivity contribution < 1.29 is 8.78 Å². The van der Waals surface area contributed by atoms with Crippen LogP contribution in [0, 0.1) is 0 Å². The van der Waals surface area contributed by atoms with E-state index in [2.05, 4.69) is 27.7 Å². The second kappa shape index (κ2) is 6.82. The van der Waals surface area contributed by atoms with Crippen LogP contribution in [0.4, 0.5) is 8.78 Å². The zero-order valence-electron chi connectivity index (χ0n) is 15.8. The number of alkyl halides is 2. The molecule has 0 amide bonds. The molecule has 3 heterocycles. The van der Waals surface area contributed by atoms with Gasteiger partial charge in [0.15, 0.2) is 0 Å². The molecule has 0 unspecified atom stereocenters. The van der Waals surface area contributed by atoms with Crippen molar-refractivity contribution in [3.63, 3.8) is 0 Å². The minimum absolute atomic E-state index is 0.0220. The number of likely N-dealkylation sites (tertiary alicyclic amines) is 1. The summed E-state index contributed by atoms with van der Waals surface area (Å²) in [6.07, 6.45) is 5.67. The third-order valence-electron chi connectivity index (χ3n) is 6.59. The average Bonchev–Trinajstić information content (AvgIpc) is 2.79. The van der Waals surface area contributed by atoms with Crippen LogP contribution in [0.3, 0.4) is 0 Å². The minimum atomic E-state index is -2.54. The Morgan fingerprint density at radius 1 is 1.07 bits per heavy atom. The summed E-state index contributed by atoms with van der Waals surface area (Å²) in [5, 5.41) is 0. The predicted molar refractivity (Wildman–Crippen MR) is 102 cm³/mol. The van der Waals surface area contributed by atoms with Crippen molar-refractivity contribution in [1.29, 1.82) is 0 Å². The maximum atomic E-state index is 13.7. The summed E-state index contributed by atoms with van der Waals surface area (Å²) >= 11 is 0. The standard InChI is InChI=1S/C21H28F2N4/c22-21(23)8-2-9-25(15-21)14-16-5-6-19-18(13-16)24-20-7-10-26(11-12-27(19)20)17-3-1-4-17/h5-6,13,17H,1-4,7-12,14-15H2. The zero-order chi connectivity index (χ0) is 18.4. The molecule has 0 bridgehead atoms. The molecular weight excluding hydrogens is 346 g/mol. The minimum Gasteiger partial charge on any atom is -0.327 e. The van der Waals surface area contributed by atoms with Crippen LogP contribution in [-0.4, -0.2) is 57.5 Å². The largest absolute Gasteiger partial charge is 0.327 e. The van der Waals surface area contributed by atoms with Gasteiger partial charge in [-0.05, 0) is 43.5 Å². The van der Waals surface area contributed by atoms with Crippen molar-refractivity contribution >= 4 is 11.0 Å². The number of aromatic nitrogens is 2. The first-order valence-corrected chi connectivity index (χ1v) is 10.4. The van der Waals surface area contributed by atoms with Crippen LogP contribution >= 0.6 is 0 Å². The lowest BCUT2D eigenvalue weighted by Gasteiger charge is -2.36. The van der Waals surface area contributed by atoms with E-state index in [0.717, 1.165) is 49.7 Å². The van der Waals surface area contributed by atoms with E-state index in [1.54, 1.807) is 0 Å². The summed E-state index contributed by atoms with van der Waals surface area (Å²) in [5.74, 6) is -1.37. The molecule has 2 aliphatic heterocycles. The fourth-order valence-electron chi connectivity index (χ4n) is 4.90. The maximum absolute atomic E-state index is 13.7. The van der Waals surface area contributed by atoms with Crippen LogP contribution in [0.25, 0.3) is 11.0 Å². The van der Waals surface area contributed by atoms with E-state index < -0.39 is 5.92 Å². The molecule has 6 heteroatoms. The zero-order valence-corrected chi connectivity index (χ0v) is 15.8. The molecule has 27 heavy (non-hydrogen) atoms. The fraction of sp³-hybridized carbons (Fsp3) is 0.667. The van der Waals surface area contributed by atoms with Crippen LogP contribution in [0.5, 0.6) is 0 Å². The topological polar surface area (TPSA) is 24.3 Å². The molecule has 3 aliphatic rings. The number of hydrogen-bond donors (Lipinski definition) is 0. The molecule has 2 aromatic rings. The lowest BCUT2D eigenvalue weighted by Crippen LogP contribution is -2.42. The van der Waals surface area contributed by atoms with Crippen molar-refractivity contribution in [3.8, 4) is 0 Å². The Kier molecular flexibility index (Phi) is 4.43. The van der Waals surface area contributed by atoms with E-state index in [4.69, 9.17) is 4.98 Å². The lowest BCUT2D eigenvalue weighted by molar-refractivity contribution is -0.0660. The van der Waals surface area contributed by atoms with Gasteiger partial charge >= 0.3 is 0 Å². The van der Waals surface area contributed by atoms with Crippen LogP contribution in [-0.2, 0) is 19.5 Å². The molecule has 4 nitrogen and oxygen atoms in total. The molecule has 2 fully saturated rings. The third-order valence-corrected chi connectivity index (χ3v) is 6.59. The lowest BCUT2D eigenvalue weighted by atomic mass is 9.91. The number of imidazole rings is 1. The highest BCUT2D eigenvalue weighted by molar-refractivity contribution is 5.77. The molecule has 146 valence electrons. The highest BCUT2D eigenvalue weighted by atomic mass is 19.3. The smallest absolute Gasteiger partial charge is 0.260 e. The number of piperidine rings is 1. The first-order valence-electron chi connectivity index (χ1n) is 10.4. The second-order valence-corrected chi connectivity index (χ2v) is 8.54. The average molecular weight is 374 g/mol. The maximum Gasteiger partial charge on any atom is 0.260 e. The highest BCUT2D eigenvalue weighted by Crippen LogP contribution is 2.29. The number of rotatable bonds is 3. The van der Waals surface area contributed by atoms with Crippen LogP contribution in [0.15, 0.2) is 18.2 Å². The number of halogens is 2. The highest BCUT2D eigenvalue weighted by Gasteiger charge is 2.35. The quantitative estimate of drug-likeness (QED) is 0.819. The number of fused-ring (bicyclic) bond motifs is 3. The van der Waals surface area contributed by atoms with E-state index in [9.17, 15) is 8.78 Å². The van der Waals surface area contributed by atoms with Gasteiger partial charge in [0.1, 0.15) is 5.82 Å². The molecule has 1 aromatic carbocycles. The summed E-state index contributed by atoms with van der Waals surface area (Å²) in [7, 11) is 0. The number of benzene rings is 1. The second-order valence-electron chi connectivity index (χ2n) is 8.54. The summed E-state index contributed by atoms with van der Waals surface area (Å²) in [4.78, 5) is 9.41. The van der Waals surface area contributed by atoms with Gasteiger partial charge in [-0.3, -0.25) is 9.80 Å². The molecule has 1 aromatic heterocycles. The van der Waals surface area contributed by atoms with Gasteiger partial charge in [-0.15, -0.1) is 0 Å². The van der Waals surface area contributed by atoms with Crippen molar-refractivity contribution in [2.24, 2.45) is 0 Å². The van der Waals surface area contributed by atoms with Gasteiger partial charge < -0.3 is 4.57 Å². The molecule has 0 spiro atoms. The van der Waals surface area contributed by atoms with Gasteiger partial charge in [-0.1, -0.05) is 12.5 Å². The van der Waals surface area contributed by atoms with E-state index >= 15 is 0 Å². The third kappa shape index (κ3) is 3.49.